The van der Waals surface area contributed by atoms with Gasteiger partial charge in [0, 0.05) is 22.6 Å². The quantitative estimate of drug-likeness (QED) is 0.826. The third kappa shape index (κ3) is 4.65. The summed E-state index contributed by atoms with van der Waals surface area (Å²) in [6, 6.07) is 8.83. The zero-order chi connectivity index (χ0) is 15.2. The maximum atomic E-state index is 12.7. The maximum Gasteiger partial charge on any atom is 0.0514 e. The summed E-state index contributed by atoms with van der Waals surface area (Å²) in [5.74, 6) is 1.57. The number of rotatable bonds is 7. The molecule has 2 nitrogen and oxygen atoms in total. The lowest BCUT2D eigenvalue weighted by Crippen LogP contribution is -2.34. The number of nitrogens with one attached hydrogen (secondary N) is 1. The predicted molar refractivity (Wildman–Crippen MR) is 92.0 cm³/mol. The van der Waals surface area contributed by atoms with Crippen molar-refractivity contribution in [3.8, 4) is 0 Å². The van der Waals surface area contributed by atoms with E-state index in [1.807, 2.05) is 0 Å². The Kier molecular flexibility index (Phi) is 6.43. The predicted octanol–water partition coefficient (Wildman–Crippen LogP) is 3.97. The van der Waals surface area contributed by atoms with Gasteiger partial charge in [-0.05, 0) is 44.7 Å². The summed E-state index contributed by atoms with van der Waals surface area (Å²) in [7, 11) is -0.755. The Labute approximate surface area is 132 Å². The second-order valence-corrected chi connectivity index (χ2v) is 8.19. The van der Waals surface area contributed by atoms with Crippen molar-refractivity contribution in [1.29, 1.82) is 0 Å². The van der Waals surface area contributed by atoms with Gasteiger partial charge >= 0.3 is 0 Å². The normalized spacial score (nSPS) is 20.3. The topological polar surface area (TPSA) is 29.1 Å². The molecule has 0 aliphatic heterocycles. The molecule has 3 unspecified atom stereocenters. The Balaban J connectivity index is 2.05. The number of benzene rings is 1. The first-order valence-electron chi connectivity index (χ1n) is 8.29. The van der Waals surface area contributed by atoms with Gasteiger partial charge in [-0.1, -0.05) is 49.6 Å². The van der Waals surface area contributed by atoms with E-state index in [2.05, 4.69) is 50.4 Å². The van der Waals surface area contributed by atoms with Gasteiger partial charge in [0.25, 0.3) is 0 Å². The Morgan fingerprint density at radius 1 is 1.24 bits per heavy atom. The van der Waals surface area contributed by atoms with Crippen molar-refractivity contribution in [2.24, 2.45) is 5.92 Å². The van der Waals surface area contributed by atoms with Crippen LogP contribution in [-0.4, -0.2) is 21.8 Å². The summed E-state index contributed by atoms with van der Waals surface area (Å²) in [6.45, 7) is 7.27. The molecule has 0 amide bonds. The van der Waals surface area contributed by atoms with Crippen molar-refractivity contribution in [3.05, 3.63) is 35.4 Å². The van der Waals surface area contributed by atoms with E-state index in [0.717, 1.165) is 12.3 Å². The lowest BCUT2D eigenvalue weighted by molar-refractivity contribution is 0.529. The van der Waals surface area contributed by atoms with E-state index in [9.17, 15) is 4.21 Å². The molecule has 3 heteroatoms. The van der Waals surface area contributed by atoms with E-state index in [1.54, 1.807) is 0 Å². The van der Waals surface area contributed by atoms with Crippen LogP contribution < -0.4 is 5.32 Å². The van der Waals surface area contributed by atoms with Gasteiger partial charge in [0.1, 0.15) is 0 Å². The lowest BCUT2D eigenvalue weighted by atomic mass is 10.0. The molecule has 0 saturated heterocycles. The van der Waals surface area contributed by atoms with Crippen molar-refractivity contribution in [2.45, 2.75) is 57.7 Å². The first kappa shape index (κ1) is 16.7. The van der Waals surface area contributed by atoms with Crippen LogP contribution in [0.4, 0.5) is 0 Å². The van der Waals surface area contributed by atoms with Crippen molar-refractivity contribution in [3.63, 3.8) is 0 Å². The fraction of sp³-hybridized carbons (Fsp3) is 0.667. The van der Waals surface area contributed by atoms with Gasteiger partial charge < -0.3 is 5.32 Å². The van der Waals surface area contributed by atoms with Gasteiger partial charge in [-0.15, -0.1) is 0 Å². The highest BCUT2D eigenvalue weighted by atomic mass is 32.2. The van der Waals surface area contributed by atoms with Gasteiger partial charge in [-0.2, -0.15) is 0 Å². The molecule has 1 fully saturated rings. The second-order valence-electron chi connectivity index (χ2n) is 6.35. The van der Waals surface area contributed by atoms with Crippen LogP contribution in [0.1, 0.15) is 56.7 Å². The number of hydrogen-bond acceptors (Lipinski definition) is 2. The fourth-order valence-electron chi connectivity index (χ4n) is 3.26. The molecule has 118 valence electrons. The molecule has 0 aromatic heterocycles. The van der Waals surface area contributed by atoms with Crippen LogP contribution in [0.3, 0.4) is 0 Å². The molecule has 0 heterocycles. The minimum Gasteiger partial charge on any atom is -0.309 e. The average molecular weight is 308 g/mol. The van der Waals surface area contributed by atoms with Crippen LogP contribution >= 0.6 is 0 Å². The van der Waals surface area contributed by atoms with Crippen molar-refractivity contribution in [2.75, 3.05) is 12.3 Å². The summed E-state index contributed by atoms with van der Waals surface area (Å²) in [5.41, 5.74) is 2.53. The summed E-state index contributed by atoms with van der Waals surface area (Å²) >= 11 is 0. The standard InChI is InChI=1S/C18H29NOS/c1-4-19-18(17-11-9-14(2)10-12-17)15(3)21(20)13-16-7-5-6-8-16/h9-12,15-16,18-19H,4-8,13H2,1-3H3. The Morgan fingerprint density at radius 2 is 1.86 bits per heavy atom. The minimum absolute atomic E-state index is 0.160. The molecular formula is C18H29NOS. The molecule has 1 aromatic rings. The molecular weight excluding hydrogens is 278 g/mol. The molecule has 1 aromatic carbocycles. The molecule has 3 atom stereocenters. The molecule has 1 N–H and O–H groups in total. The van der Waals surface area contributed by atoms with E-state index in [-0.39, 0.29) is 11.3 Å². The third-order valence-electron chi connectivity index (χ3n) is 4.62. The second kappa shape index (κ2) is 8.09. The lowest BCUT2D eigenvalue weighted by Gasteiger charge is -2.26. The number of hydrogen-bond donors (Lipinski definition) is 1. The van der Waals surface area contributed by atoms with Crippen molar-refractivity contribution in [1.82, 2.24) is 5.32 Å². The minimum atomic E-state index is -0.755. The van der Waals surface area contributed by atoms with Gasteiger partial charge in [0.05, 0.1) is 5.25 Å². The van der Waals surface area contributed by atoms with E-state index in [0.29, 0.717) is 5.92 Å². The maximum absolute atomic E-state index is 12.7. The van der Waals surface area contributed by atoms with Crippen LogP contribution in [0.5, 0.6) is 0 Å². The van der Waals surface area contributed by atoms with E-state index in [4.69, 9.17) is 0 Å². The van der Waals surface area contributed by atoms with Crippen LogP contribution in [0.2, 0.25) is 0 Å². The SMILES string of the molecule is CCNC(c1ccc(C)cc1)C(C)S(=O)CC1CCCC1. The molecule has 21 heavy (non-hydrogen) atoms. The highest BCUT2D eigenvalue weighted by Gasteiger charge is 2.26. The average Bonchev–Trinajstić information content (AvgIpc) is 2.98. The molecule has 0 bridgehead atoms. The van der Waals surface area contributed by atoms with Crippen LogP contribution in [-0.2, 0) is 10.8 Å². The Morgan fingerprint density at radius 3 is 2.43 bits per heavy atom. The largest absolute Gasteiger partial charge is 0.309 e. The molecule has 1 aliphatic carbocycles. The first-order chi connectivity index (χ1) is 10.1. The van der Waals surface area contributed by atoms with Gasteiger partial charge in [-0.3, -0.25) is 4.21 Å². The number of aryl methyl sites for hydroxylation is 1. The Hall–Kier alpha value is -0.670. The van der Waals surface area contributed by atoms with Gasteiger partial charge in [0.2, 0.25) is 0 Å². The summed E-state index contributed by atoms with van der Waals surface area (Å²) < 4.78 is 12.7. The van der Waals surface area contributed by atoms with E-state index in [1.165, 1.54) is 36.8 Å². The summed E-state index contributed by atoms with van der Waals surface area (Å²) in [4.78, 5) is 0. The van der Waals surface area contributed by atoms with Crippen LogP contribution in [0.25, 0.3) is 0 Å². The van der Waals surface area contributed by atoms with Crippen molar-refractivity contribution >= 4 is 10.8 Å². The molecule has 2 rings (SSSR count). The Bertz CT molecular complexity index is 451. The molecule has 0 spiro atoms. The first-order valence-corrected chi connectivity index (χ1v) is 9.67. The smallest absolute Gasteiger partial charge is 0.0514 e. The van der Waals surface area contributed by atoms with Crippen molar-refractivity contribution < 1.29 is 4.21 Å². The summed E-state index contributed by atoms with van der Waals surface area (Å²) in [6.07, 6.45) is 5.19. The fourth-order valence-corrected chi connectivity index (χ4v) is 4.92. The molecule has 0 radical (unpaired) electrons. The van der Waals surface area contributed by atoms with Crippen LogP contribution in [0, 0.1) is 12.8 Å². The molecule has 1 aliphatic rings. The zero-order valence-corrected chi connectivity index (χ0v) is 14.4. The monoisotopic (exact) mass is 307 g/mol. The van der Waals surface area contributed by atoms with Gasteiger partial charge in [0.15, 0.2) is 0 Å². The van der Waals surface area contributed by atoms with Crippen LogP contribution in [0.15, 0.2) is 24.3 Å². The highest BCUT2D eigenvalue weighted by molar-refractivity contribution is 7.85. The zero-order valence-electron chi connectivity index (χ0n) is 13.6. The summed E-state index contributed by atoms with van der Waals surface area (Å²) in [5, 5.41) is 3.69. The molecule has 1 saturated carbocycles. The van der Waals surface area contributed by atoms with E-state index >= 15 is 0 Å². The van der Waals surface area contributed by atoms with E-state index < -0.39 is 10.8 Å². The highest BCUT2D eigenvalue weighted by Crippen LogP contribution is 2.28. The third-order valence-corrected chi connectivity index (χ3v) is 6.52. The van der Waals surface area contributed by atoms with Gasteiger partial charge in [-0.25, -0.2) is 0 Å².